The molecule has 286 valence electrons. The molecule has 3 amide bonds. The van der Waals surface area contributed by atoms with E-state index in [4.69, 9.17) is 19.9 Å². The van der Waals surface area contributed by atoms with Gasteiger partial charge < -0.3 is 30.6 Å². The molecule has 0 aliphatic heterocycles. The van der Waals surface area contributed by atoms with Gasteiger partial charge in [-0.05, 0) is 146 Å². The minimum absolute atomic E-state index is 0.0214. The SMILES string of the molecule is CCC(C)(NC(=O)OCC(COC(N)=O)OC(=O)NC1CCC(CC2CCC(N=C=O)CC2)CC1)C1CCC(CC2CCC(N=C=O)CC2)CC1. The molecular formula is C38H61N5O8. The number of isocyanates is 2. The van der Waals surface area contributed by atoms with Gasteiger partial charge in [0.05, 0.1) is 12.1 Å². The maximum absolute atomic E-state index is 13.1. The van der Waals surface area contributed by atoms with Crippen LogP contribution in [0.4, 0.5) is 14.4 Å². The van der Waals surface area contributed by atoms with E-state index in [1.165, 1.54) is 12.8 Å². The zero-order valence-electron chi connectivity index (χ0n) is 30.8. The van der Waals surface area contributed by atoms with Gasteiger partial charge in [-0.3, -0.25) is 0 Å². The molecule has 51 heavy (non-hydrogen) atoms. The third-order valence-electron chi connectivity index (χ3n) is 12.6. The molecule has 0 aromatic carbocycles. The van der Waals surface area contributed by atoms with E-state index in [2.05, 4.69) is 34.5 Å². The number of ether oxygens (including phenoxy) is 3. The molecule has 2 atom stereocenters. The van der Waals surface area contributed by atoms with Crippen LogP contribution in [0.2, 0.25) is 0 Å². The van der Waals surface area contributed by atoms with Crippen molar-refractivity contribution >= 4 is 30.4 Å². The number of carbonyl (C=O) groups excluding carboxylic acids is 5. The Kier molecular flexibility index (Phi) is 16.3. The molecule has 4 aliphatic carbocycles. The first-order chi connectivity index (χ1) is 24.6. The number of carbonyl (C=O) groups is 3. The van der Waals surface area contributed by atoms with Gasteiger partial charge in [0, 0.05) is 11.6 Å². The Hall–Kier alpha value is -3.43. The van der Waals surface area contributed by atoms with Gasteiger partial charge in [0.25, 0.3) is 0 Å². The van der Waals surface area contributed by atoms with Crippen LogP contribution in [0, 0.1) is 29.6 Å². The smallest absolute Gasteiger partial charge is 0.407 e. The third-order valence-corrected chi connectivity index (χ3v) is 12.6. The largest absolute Gasteiger partial charge is 0.446 e. The standard InChI is InChI=1S/C38H61N5O8/c1-3-38(2,30-12-4-26(5-13-30)20-27-6-14-31(15-7-27)40-24-44)43-37(48)50-23-34(22-49-35(39)46)51-36(47)42-33-18-10-29(11-19-33)21-28-8-16-32(17-9-28)41-25-45/h26-34H,3-23H2,1-2H3,(H2,39,46)(H,42,47)(H,43,48). The zero-order valence-corrected chi connectivity index (χ0v) is 30.8. The molecule has 13 heteroatoms. The summed E-state index contributed by atoms with van der Waals surface area (Å²) in [4.78, 5) is 66.2. The lowest BCUT2D eigenvalue weighted by atomic mass is 9.69. The molecule has 4 fully saturated rings. The van der Waals surface area contributed by atoms with Crippen LogP contribution in [0.25, 0.3) is 0 Å². The lowest BCUT2D eigenvalue weighted by Crippen LogP contribution is -2.52. The van der Waals surface area contributed by atoms with Crippen molar-refractivity contribution in [3.8, 4) is 0 Å². The van der Waals surface area contributed by atoms with E-state index >= 15 is 0 Å². The van der Waals surface area contributed by atoms with Crippen LogP contribution in [0.3, 0.4) is 0 Å². The van der Waals surface area contributed by atoms with Gasteiger partial charge in [0.2, 0.25) is 12.2 Å². The Morgan fingerprint density at radius 1 is 0.706 bits per heavy atom. The normalized spacial score (nSPS) is 31.3. The number of amides is 3. The molecule has 4 N–H and O–H groups in total. The van der Waals surface area contributed by atoms with Gasteiger partial charge in [0.1, 0.15) is 13.2 Å². The van der Waals surface area contributed by atoms with Crippen molar-refractivity contribution in [2.75, 3.05) is 13.2 Å². The van der Waals surface area contributed by atoms with Crippen LogP contribution in [-0.2, 0) is 23.8 Å². The molecule has 4 rings (SSSR count). The Balaban J connectivity index is 1.16. The molecule has 0 heterocycles. The maximum Gasteiger partial charge on any atom is 0.407 e. The van der Waals surface area contributed by atoms with Crippen molar-refractivity contribution in [1.29, 1.82) is 0 Å². The minimum Gasteiger partial charge on any atom is -0.446 e. The number of nitrogens with zero attached hydrogens (tertiary/aromatic N) is 2. The second-order valence-electron chi connectivity index (χ2n) is 16.0. The molecule has 4 aliphatic rings. The van der Waals surface area contributed by atoms with Crippen molar-refractivity contribution in [3.05, 3.63) is 0 Å². The van der Waals surface area contributed by atoms with Gasteiger partial charge in [-0.2, -0.15) is 0 Å². The Labute approximate surface area is 303 Å². The maximum atomic E-state index is 13.1. The highest BCUT2D eigenvalue weighted by Crippen LogP contribution is 2.41. The summed E-state index contributed by atoms with van der Waals surface area (Å²) >= 11 is 0. The Morgan fingerprint density at radius 2 is 1.16 bits per heavy atom. The van der Waals surface area contributed by atoms with E-state index < -0.39 is 29.9 Å². The second-order valence-corrected chi connectivity index (χ2v) is 16.0. The first-order valence-corrected chi connectivity index (χ1v) is 19.6. The third kappa shape index (κ3) is 13.6. The molecule has 13 nitrogen and oxygen atoms in total. The highest BCUT2D eigenvalue weighted by Gasteiger charge is 2.38. The van der Waals surface area contributed by atoms with E-state index in [0.29, 0.717) is 29.6 Å². The Morgan fingerprint density at radius 3 is 1.61 bits per heavy atom. The van der Waals surface area contributed by atoms with Gasteiger partial charge >= 0.3 is 18.3 Å². The number of rotatable bonds is 15. The number of alkyl carbamates (subject to hydrolysis) is 2. The molecule has 0 saturated heterocycles. The van der Waals surface area contributed by atoms with Crippen LogP contribution < -0.4 is 16.4 Å². The van der Waals surface area contributed by atoms with E-state index in [0.717, 1.165) is 109 Å². The molecule has 0 bridgehead atoms. The lowest BCUT2D eigenvalue weighted by molar-refractivity contribution is 0.00427. The summed E-state index contributed by atoms with van der Waals surface area (Å²) in [6.07, 6.45) is 19.6. The molecule has 0 aromatic rings. The fourth-order valence-corrected chi connectivity index (χ4v) is 9.25. The fraction of sp³-hybridized carbons (Fsp3) is 0.868. The summed E-state index contributed by atoms with van der Waals surface area (Å²) in [5.74, 6) is 2.96. The highest BCUT2D eigenvalue weighted by atomic mass is 16.6. The van der Waals surface area contributed by atoms with Crippen LogP contribution >= 0.6 is 0 Å². The predicted molar refractivity (Wildman–Crippen MR) is 190 cm³/mol. The number of hydrogen-bond acceptors (Lipinski definition) is 10. The first-order valence-electron chi connectivity index (χ1n) is 19.6. The van der Waals surface area contributed by atoms with Crippen LogP contribution in [0.5, 0.6) is 0 Å². The van der Waals surface area contributed by atoms with Gasteiger partial charge in [-0.15, -0.1) is 0 Å². The van der Waals surface area contributed by atoms with Crippen molar-refractivity contribution in [1.82, 2.24) is 10.6 Å². The Bertz CT molecular complexity index is 1210. The topological polar surface area (TPSA) is 188 Å². The van der Waals surface area contributed by atoms with Crippen molar-refractivity contribution in [2.24, 2.45) is 45.3 Å². The average molecular weight is 716 g/mol. The zero-order chi connectivity index (χ0) is 36.6. The van der Waals surface area contributed by atoms with Crippen LogP contribution in [-0.4, -0.2) is 73.4 Å². The van der Waals surface area contributed by atoms with Gasteiger partial charge in [0.15, 0.2) is 6.10 Å². The summed E-state index contributed by atoms with van der Waals surface area (Å²) in [6.45, 7) is 3.52. The number of aliphatic imine (C=N–C) groups is 2. The summed E-state index contributed by atoms with van der Waals surface area (Å²) < 4.78 is 16.0. The minimum atomic E-state index is -1.01. The summed E-state index contributed by atoms with van der Waals surface area (Å²) in [5.41, 5.74) is 4.72. The van der Waals surface area contributed by atoms with Crippen LogP contribution in [0.1, 0.15) is 136 Å². The predicted octanol–water partition coefficient (Wildman–Crippen LogP) is 7.01. The van der Waals surface area contributed by atoms with Crippen LogP contribution in [0.15, 0.2) is 9.98 Å². The molecule has 2 unspecified atom stereocenters. The molecular weight excluding hydrogens is 654 g/mol. The summed E-state index contributed by atoms with van der Waals surface area (Å²) in [6, 6.07) is 0.259. The number of primary amides is 1. The molecule has 0 spiro atoms. The van der Waals surface area contributed by atoms with Gasteiger partial charge in [-0.25, -0.2) is 34.0 Å². The summed E-state index contributed by atoms with van der Waals surface area (Å²) in [7, 11) is 0. The van der Waals surface area contributed by atoms with Crippen molar-refractivity contribution < 1.29 is 38.2 Å². The van der Waals surface area contributed by atoms with E-state index in [9.17, 15) is 24.0 Å². The molecule has 4 saturated carbocycles. The monoisotopic (exact) mass is 715 g/mol. The highest BCUT2D eigenvalue weighted by molar-refractivity contribution is 5.69. The lowest BCUT2D eigenvalue weighted by Gasteiger charge is -2.42. The summed E-state index contributed by atoms with van der Waals surface area (Å²) in [5, 5.41) is 6.03. The first kappa shape index (κ1) is 40.3. The number of nitrogens with one attached hydrogen (secondary N) is 2. The second kappa shape index (κ2) is 20.6. The van der Waals surface area contributed by atoms with Gasteiger partial charge in [-0.1, -0.05) is 19.8 Å². The molecule has 0 aromatic heterocycles. The van der Waals surface area contributed by atoms with Crippen molar-refractivity contribution in [3.63, 3.8) is 0 Å². The van der Waals surface area contributed by atoms with E-state index in [1.807, 2.05) is 0 Å². The average Bonchev–Trinajstić information content (AvgIpc) is 3.12. The number of hydrogen-bond donors (Lipinski definition) is 3. The number of nitrogens with two attached hydrogens (primary N) is 1. The fourth-order valence-electron chi connectivity index (χ4n) is 9.25. The quantitative estimate of drug-likeness (QED) is 0.0917. The van der Waals surface area contributed by atoms with Crippen molar-refractivity contribution in [2.45, 2.75) is 166 Å². The van der Waals surface area contributed by atoms with E-state index in [-0.39, 0.29) is 31.3 Å². The van der Waals surface area contributed by atoms with E-state index in [1.54, 1.807) is 12.2 Å². The molecule has 0 radical (unpaired) electrons.